The highest BCUT2D eigenvalue weighted by atomic mass is 16.5. The third kappa shape index (κ3) is 4.14. The van der Waals surface area contributed by atoms with Crippen molar-refractivity contribution < 1.29 is 23.9 Å². The van der Waals surface area contributed by atoms with E-state index in [1.807, 2.05) is 60.7 Å². The van der Waals surface area contributed by atoms with E-state index < -0.39 is 35.5 Å². The number of anilines is 1. The highest BCUT2D eigenvalue weighted by Crippen LogP contribution is 2.51. The molecule has 0 saturated heterocycles. The SMILES string of the molecule is COC(=O)C1=C(N)N(c2ccccc2)C2=C(C(=O)[C@H](C(=O)OC)[C@@H](c3ccccc3)C2)[C@H]1c1cccnc1. The number of allylic oxidation sites excluding steroid dienone is 2. The Kier molecular flexibility index (Phi) is 6.79. The Morgan fingerprint density at radius 2 is 1.58 bits per heavy atom. The fraction of sp³-hybridized carbons (Fsp3) is 0.200. The Hall–Kier alpha value is -4.72. The van der Waals surface area contributed by atoms with Crippen LogP contribution < -0.4 is 10.6 Å². The molecule has 5 rings (SSSR count). The molecule has 2 N–H and O–H groups in total. The maximum absolute atomic E-state index is 14.4. The van der Waals surface area contributed by atoms with Crippen LogP contribution in [-0.2, 0) is 23.9 Å². The van der Waals surface area contributed by atoms with Gasteiger partial charge in [0.1, 0.15) is 11.7 Å². The first-order chi connectivity index (χ1) is 18.5. The van der Waals surface area contributed by atoms with E-state index >= 15 is 0 Å². The molecule has 0 fully saturated rings. The normalized spacial score (nSPS) is 21.2. The van der Waals surface area contributed by atoms with Crippen molar-refractivity contribution in [1.29, 1.82) is 0 Å². The van der Waals surface area contributed by atoms with Crippen molar-refractivity contribution in [3.8, 4) is 0 Å². The number of benzene rings is 2. The number of ketones is 1. The maximum atomic E-state index is 14.4. The van der Waals surface area contributed by atoms with Gasteiger partial charge < -0.3 is 15.2 Å². The molecular weight excluding hydrogens is 482 g/mol. The van der Waals surface area contributed by atoms with Crippen LogP contribution in [0.4, 0.5) is 5.69 Å². The minimum Gasteiger partial charge on any atom is -0.468 e. The van der Waals surface area contributed by atoms with E-state index in [4.69, 9.17) is 15.2 Å². The molecule has 192 valence electrons. The Bertz CT molecular complexity index is 1430. The van der Waals surface area contributed by atoms with Crippen molar-refractivity contribution in [2.24, 2.45) is 11.7 Å². The fourth-order valence-corrected chi connectivity index (χ4v) is 5.50. The number of Topliss-reactive ketones (excluding diaryl/α,β-unsaturated/α-hetero) is 1. The van der Waals surface area contributed by atoms with E-state index in [0.717, 1.165) is 5.56 Å². The van der Waals surface area contributed by atoms with Crippen LogP contribution in [0.25, 0.3) is 0 Å². The number of aromatic nitrogens is 1. The summed E-state index contributed by atoms with van der Waals surface area (Å²) in [7, 11) is 2.54. The van der Waals surface area contributed by atoms with E-state index in [2.05, 4.69) is 4.98 Å². The van der Waals surface area contributed by atoms with Crippen molar-refractivity contribution in [2.45, 2.75) is 18.3 Å². The lowest BCUT2D eigenvalue weighted by atomic mass is 9.67. The average molecular weight is 510 g/mol. The van der Waals surface area contributed by atoms with Crippen LogP contribution in [-0.4, -0.2) is 36.9 Å². The molecule has 1 aliphatic carbocycles. The van der Waals surface area contributed by atoms with Crippen LogP contribution in [0.2, 0.25) is 0 Å². The second-order valence-electron chi connectivity index (χ2n) is 9.13. The third-order valence-electron chi connectivity index (χ3n) is 7.16. The zero-order valence-electron chi connectivity index (χ0n) is 21.0. The van der Waals surface area contributed by atoms with Crippen molar-refractivity contribution in [3.63, 3.8) is 0 Å². The topological polar surface area (TPSA) is 112 Å². The molecule has 38 heavy (non-hydrogen) atoms. The number of nitrogens with zero attached hydrogens (tertiary/aromatic N) is 2. The van der Waals surface area contributed by atoms with Crippen LogP contribution in [0.3, 0.4) is 0 Å². The van der Waals surface area contributed by atoms with Crippen LogP contribution in [0.1, 0.15) is 29.4 Å². The lowest BCUT2D eigenvalue weighted by molar-refractivity contribution is -0.150. The summed E-state index contributed by atoms with van der Waals surface area (Å²) >= 11 is 0. The van der Waals surface area contributed by atoms with E-state index in [1.54, 1.807) is 29.4 Å². The Morgan fingerprint density at radius 3 is 2.18 bits per heavy atom. The minimum atomic E-state index is -1.10. The minimum absolute atomic E-state index is 0.109. The van der Waals surface area contributed by atoms with Gasteiger partial charge in [-0.25, -0.2) is 4.79 Å². The van der Waals surface area contributed by atoms with Crippen LogP contribution in [0, 0.1) is 5.92 Å². The number of ether oxygens (including phenoxy) is 2. The number of hydrogen-bond acceptors (Lipinski definition) is 8. The molecular formula is C30H27N3O5. The van der Waals surface area contributed by atoms with E-state index in [1.165, 1.54) is 14.2 Å². The second-order valence-corrected chi connectivity index (χ2v) is 9.13. The molecule has 3 aromatic rings. The molecule has 2 aliphatic rings. The number of hydrogen-bond donors (Lipinski definition) is 1. The lowest BCUT2D eigenvalue weighted by Gasteiger charge is -2.44. The molecule has 1 aromatic heterocycles. The predicted molar refractivity (Wildman–Crippen MR) is 140 cm³/mol. The van der Waals surface area contributed by atoms with Crippen LogP contribution in [0.15, 0.2) is 108 Å². The smallest absolute Gasteiger partial charge is 0.338 e. The summed E-state index contributed by atoms with van der Waals surface area (Å²) in [6.45, 7) is 0. The molecule has 2 heterocycles. The molecule has 0 saturated carbocycles. The number of esters is 2. The Balaban J connectivity index is 1.82. The molecule has 8 nitrogen and oxygen atoms in total. The zero-order chi connectivity index (χ0) is 26.8. The van der Waals surface area contributed by atoms with Crippen molar-refractivity contribution >= 4 is 23.4 Å². The summed E-state index contributed by atoms with van der Waals surface area (Å²) < 4.78 is 10.3. The van der Waals surface area contributed by atoms with E-state index in [9.17, 15) is 14.4 Å². The summed E-state index contributed by atoms with van der Waals surface area (Å²) in [5.41, 5.74) is 9.90. The molecule has 0 bridgehead atoms. The lowest BCUT2D eigenvalue weighted by Crippen LogP contribution is -2.46. The van der Waals surface area contributed by atoms with Gasteiger partial charge in [0.15, 0.2) is 5.78 Å². The van der Waals surface area contributed by atoms with Crippen molar-refractivity contribution in [1.82, 2.24) is 4.98 Å². The number of pyridine rings is 1. The van der Waals surface area contributed by atoms with Gasteiger partial charge in [-0.2, -0.15) is 0 Å². The monoisotopic (exact) mass is 509 g/mol. The maximum Gasteiger partial charge on any atom is 0.338 e. The van der Waals surface area contributed by atoms with Gasteiger partial charge in [0, 0.05) is 35.3 Å². The van der Waals surface area contributed by atoms with Gasteiger partial charge in [-0.15, -0.1) is 0 Å². The van der Waals surface area contributed by atoms with Gasteiger partial charge in [0.25, 0.3) is 0 Å². The number of para-hydroxylation sites is 1. The molecule has 1 aliphatic heterocycles. The largest absolute Gasteiger partial charge is 0.468 e. The molecule has 8 heteroatoms. The zero-order valence-corrected chi connectivity index (χ0v) is 21.0. The van der Waals surface area contributed by atoms with Gasteiger partial charge in [0.2, 0.25) is 0 Å². The van der Waals surface area contributed by atoms with Crippen molar-refractivity contribution in [2.75, 3.05) is 19.1 Å². The van der Waals surface area contributed by atoms with Crippen molar-refractivity contribution in [3.05, 3.63) is 119 Å². The third-order valence-corrected chi connectivity index (χ3v) is 7.16. The standard InChI is InChI=1S/C30H27N3O5/c1-37-29(35)24-21(18-10-5-3-6-11-18)16-22-25(27(24)34)23(19-12-9-15-32-17-19)26(30(36)38-2)28(31)33(22)20-13-7-4-8-14-20/h3-15,17,21,23-24H,16,31H2,1-2H3/t21-,23-,24-/m1/s1. The first-order valence-corrected chi connectivity index (χ1v) is 12.2. The van der Waals surface area contributed by atoms with Crippen LogP contribution in [0.5, 0.6) is 0 Å². The van der Waals surface area contributed by atoms with E-state index in [0.29, 0.717) is 28.9 Å². The molecule has 0 unspecified atom stereocenters. The summed E-state index contributed by atoms with van der Waals surface area (Å²) in [6.07, 6.45) is 3.51. The first-order valence-electron chi connectivity index (χ1n) is 12.2. The van der Waals surface area contributed by atoms with E-state index in [-0.39, 0.29) is 11.4 Å². The van der Waals surface area contributed by atoms with Gasteiger partial charge in [0.05, 0.1) is 25.7 Å². The highest BCUT2D eigenvalue weighted by Gasteiger charge is 2.51. The average Bonchev–Trinajstić information content (AvgIpc) is 2.97. The Labute approximate surface area is 220 Å². The first kappa shape index (κ1) is 25.0. The molecule has 0 radical (unpaired) electrons. The summed E-state index contributed by atoms with van der Waals surface area (Å²) in [5, 5.41) is 0. The number of methoxy groups -OCH3 is 2. The summed E-state index contributed by atoms with van der Waals surface area (Å²) in [5.74, 6) is -4.03. The summed E-state index contributed by atoms with van der Waals surface area (Å²) in [6, 6.07) is 22.2. The molecule has 2 aromatic carbocycles. The van der Waals surface area contributed by atoms with Crippen LogP contribution >= 0.6 is 0 Å². The number of carbonyl (C=O) groups is 3. The number of nitrogens with two attached hydrogens (primary N) is 1. The van der Waals surface area contributed by atoms with Gasteiger partial charge in [-0.05, 0) is 35.7 Å². The Morgan fingerprint density at radius 1 is 0.921 bits per heavy atom. The number of rotatable bonds is 5. The van der Waals surface area contributed by atoms with Gasteiger partial charge in [-0.3, -0.25) is 19.5 Å². The quantitative estimate of drug-likeness (QED) is 0.408. The summed E-state index contributed by atoms with van der Waals surface area (Å²) in [4.78, 5) is 46.8. The molecule has 0 spiro atoms. The molecule has 0 amide bonds. The predicted octanol–water partition coefficient (Wildman–Crippen LogP) is 3.83. The van der Waals surface area contributed by atoms with Gasteiger partial charge in [-0.1, -0.05) is 54.6 Å². The fourth-order valence-electron chi connectivity index (χ4n) is 5.50. The number of carbonyl (C=O) groups excluding carboxylic acids is 3. The highest BCUT2D eigenvalue weighted by molar-refractivity contribution is 6.14. The van der Waals surface area contributed by atoms with Gasteiger partial charge >= 0.3 is 11.9 Å². The molecule has 3 atom stereocenters. The second kappa shape index (κ2) is 10.3.